The molecular weight excluding hydrogens is 464 g/mol. The van der Waals surface area contributed by atoms with Crippen molar-refractivity contribution >= 4 is 34.6 Å². The summed E-state index contributed by atoms with van der Waals surface area (Å²) in [5.74, 6) is 0.813. The number of aromatic nitrogens is 3. The molecular formula is C26H25ClN6S. The van der Waals surface area contributed by atoms with Gasteiger partial charge >= 0.3 is 0 Å². The largest absolute Gasteiger partial charge is 0.385 e. The van der Waals surface area contributed by atoms with E-state index in [1.165, 1.54) is 0 Å². The summed E-state index contributed by atoms with van der Waals surface area (Å²) in [6, 6.07) is 24.1. The number of halogens is 1. The highest BCUT2D eigenvalue weighted by Gasteiger charge is 2.41. The van der Waals surface area contributed by atoms with Gasteiger partial charge in [0.2, 0.25) is 0 Å². The van der Waals surface area contributed by atoms with E-state index in [1.807, 2.05) is 67.0 Å². The Bertz CT molecular complexity index is 1230. The molecule has 8 heteroatoms. The number of anilines is 1. The van der Waals surface area contributed by atoms with Crippen LogP contribution in [-0.2, 0) is 0 Å². The Morgan fingerprint density at radius 3 is 2.59 bits per heavy atom. The summed E-state index contributed by atoms with van der Waals surface area (Å²) in [5.41, 5.74) is 3.17. The molecule has 4 aromatic rings. The molecule has 0 unspecified atom stereocenters. The summed E-state index contributed by atoms with van der Waals surface area (Å²) in [4.78, 5) is 11.4. The fourth-order valence-electron chi connectivity index (χ4n) is 4.36. The molecule has 1 aromatic carbocycles. The summed E-state index contributed by atoms with van der Waals surface area (Å²) in [6.45, 7) is 1.66. The third-order valence-electron chi connectivity index (χ3n) is 5.92. The van der Waals surface area contributed by atoms with Crippen molar-refractivity contribution in [1.29, 1.82) is 0 Å². The predicted octanol–water partition coefficient (Wildman–Crippen LogP) is 5.40. The van der Waals surface area contributed by atoms with Crippen LogP contribution in [0.15, 0.2) is 91.4 Å². The Morgan fingerprint density at radius 1 is 0.971 bits per heavy atom. The molecule has 0 amide bonds. The lowest BCUT2D eigenvalue weighted by Gasteiger charge is -2.29. The van der Waals surface area contributed by atoms with Crippen LogP contribution in [0.5, 0.6) is 0 Å². The summed E-state index contributed by atoms with van der Waals surface area (Å²) in [5, 5.41) is 8.36. The van der Waals surface area contributed by atoms with Crippen LogP contribution in [0.4, 0.5) is 5.69 Å². The second kappa shape index (κ2) is 10.2. The zero-order chi connectivity index (χ0) is 23.3. The van der Waals surface area contributed by atoms with E-state index in [2.05, 4.69) is 48.3 Å². The zero-order valence-corrected chi connectivity index (χ0v) is 20.1. The molecule has 0 bridgehead atoms. The maximum Gasteiger partial charge on any atom is 0.170 e. The van der Waals surface area contributed by atoms with Crippen molar-refractivity contribution in [3.05, 3.63) is 108 Å². The number of rotatable bonds is 8. The van der Waals surface area contributed by atoms with Crippen molar-refractivity contribution < 1.29 is 0 Å². The molecule has 0 spiro atoms. The number of nitrogens with one attached hydrogen (secondary N) is 2. The first-order valence-corrected chi connectivity index (χ1v) is 12.1. The number of benzene rings is 1. The van der Waals surface area contributed by atoms with E-state index >= 15 is 0 Å². The van der Waals surface area contributed by atoms with Gasteiger partial charge in [-0.25, -0.2) is 4.98 Å². The average Bonchev–Trinajstić information content (AvgIpc) is 3.48. The van der Waals surface area contributed by atoms with Crippen molar-refractivity contribution in [3.63, 3.8) is 0 Å². The Morgan fingerprint density at radius 2 is 1.82 bits per heavy atom. The van der Waals surface area contributed by atoms with Crippen LogP contribution in [0.3, 0.4) is 0 Å². The molecule has 6 nitrogen and oxygen atoms in total. The molecule has 3 aromatic heterocycles. The van der Waals surface area contributed by atoms with Crippen LogP contribution in [0.1, 0.15) is 29.9 Å². The Labute approximate surface area is 209 Å². The van der Waals surface area contributed by atoms with Gasteiger partial charge in [0.05, 0.1) is 22.8 Å². The van der Waals surface area contributed by atoms with Gasteiger partial charge in [0.25, 0.3) is 0 Å². The van der Waals surface area contributed by atoms with Crippen LogP contribution in [0.2, 0.25) is 5.02 Å². The maximum atomic E-state index is 6.08. The minimum absolute atomic E-state index is 0.0356. The van der Waals surface area contributed by atoms with Gasteiger partial charge in [-0.05, 0) is 67.2 Å². The molecule has 34 heavy (non-hydrogen) atoms. The van der Waals surface area contributed by atoms with Gasteiger partial charge < -0.3 is 20.1 Å². The monoisotopic (exact) mass is 488 g/mol. The van der Waals surface area contributed by atoms with E-state index in [-0.39, 0.29) is 12.1 Å². The van der Waals surface area contributed by atoms with Crippen LogP contribution in [0.25, 0.3) is 5.82 Å². The lowest BCUT2D eigenvalue weighted by molar-refractivity contribution is 0.307. The van der Waals surface area contributed by atoms with Crippen molar-refractivity contribution in [2.24, 2.45) is 0 Å². The third-order valence-corrected chi connectivity index (χ3v) is 6.49. The lowest BCUT2D eigenvalue weighted by atomic mass is 10.0. The summed E-state index contributed by atoms with van der Waals surface area (Å²) in [6.07, 6.45) is 6.45. The van der Waals surface area contributed by atoms with Gasteiger partial charge in [0, 0.05) is 43.1 Å². The molecule has 2 atom stereocenters. The topological polar surface area (TPSA) is 58.0 Å². The SMILES string of the molecule is S=C1N[C@@H](c2ccccn2)[C@@H](c2cccn2-c2ccc(Cl)cn2)N1CCCNc1ccccc1. The highest BCUT2D eigenvalue weighted by atomic mass is 35.5. The van der Waals surface area contributed by atoms with Crippen LogP contribution >= 0.6 is 23.8 Å². The molecule has 4 heterocycles. The number of hydrogen-bond acceptors (Lipinski definition) is 4. The standard InChI is InChI=1S/C26H25ClN6S/c27-19-12-13-23(30-18-19)32-16-6-11-22(32)25-24(21-10-4-5-14-29-21)31-26(34)33(25)17-7-15-28-20-8-2-1-3-9-20/h1-6,8-14,16,18,24-25,28H,7,15,17H2,(H,31,34)/t24-,25+/m0/s1. The van der Waals surface area contributed by atoms with E-state index in [4.69, 9.17) is 23.8 Å². The fraction of sp³-hybridized carbons (Fsp3) is 0.192. The first kappa shape index (κ1) is 22.4. The van der Waals surface area contributed by atoms with Gasteiger partial charge in [0.15, 0.2) is 5.11 Å². The summed E-state index contributed by atoms with van der Waals surface area (Å²) < 4.78 is 2.10. The smallest absolute Gasteiger partial charge is 0.170 e. The predicted molar refractivity (Wildman–Crippen MR) is 140 cm³/mol. The van der Waals surface area contributed by atoms with Crippen molar-refractivity contribution in [3.8, 4) is 5.82 Å². The van der Waals surface area contributed by atoms with Gasteiger partial charge in [-0.2, -0.15) is 0 Å². The van der Waals surface area contributed by atoms with Gasteiger partial charge in [-0.1, -0.05) is 35.9 Å². The third kappa shape index (κ3) is 4.76. The zero-order valence-electron chi connectivity index (χ0n) is 18.5. The van der Waals surface area contributed by atoms with Gasteiger partial charge in [-0.3, -0.25) is 4.98 Å². The molecule has 0 aliphatic carbocycles. The summed E-state index contributed by atoms with van der Waals surface area (Å²) >= 11 is 11.9. The van der Waals surface area contributed by atoms with Crippen molar-refractivity contribution in [1.82, 2.24) is 24.8 Å². The van der Waals surface area contributed by atoms with Crippen molar-refractivity contribution in [2.45, 2.75) is 18.5 Å². The highest BCUT2D eigenvalue weighted by Crippen LogP contribution is 2.39. The van der Waals surface area contributed by atoms with E-state index < -0.39 is 0 Å². The number of hydrogen-bond donors (Lipinski definition) is 2. The van der Waals surface area contributed by atoms with Crippen molar-refractivity contribution in [2.75, 3.05) is 18.4 Å². The first-order chi connectivity index (χ1) is 16.7. The molecule has 1 aliphatic heterocycles. The number of nitrogens with zero attached hydrogens (tertiary/aromatic N) is 4. The van der Waals surface area contributed by atoms with Crippen LogP contribution < -0.4 is 10.6 Å². The fourth-order valence-corrected chi connectivity index (χ4v) is 4.80. The molecule has 1 saturated heterocycles. The quantitative estimate of drug-likeness (QED) is 0.256. The molecule has 5 rings (SSSR count). The normalized spacial score (nSPS) is 17.6. The molecule has 172 valence electrons. The van der Waals surface area contributed by atoms with Gasteiger partial charge in [0.1, 0.15) is 5.82 Å². The Hall–Kier alpha value is -3.42. The maximum absolute atomic E-state index is 6.08. The minimum Gasteiger partial charge on any atom is -0.385 e. The number of para-hydroxylation sites is 1. The van der Waals surface area contributed by atoms with E-state index in [9.17, 15) is 0 Å². The Kier molecular flexibility index (Phi) is 6.74. The molecule has 1 aliphatic rings. The highest BCUT2D eigenvalue weighted by molar-refractivity contribution is 7.80. The van der Waals surface area contributed by atoms with Crippen LogP contribution in [0, 0.1) is 0 Å². The molecule has 1 fully saturated rings. The molecule has 0 radical (unpaired) electrons. The Balaban J connectivity index is 1.42. The minimum atomic E-state index is -0.0725. The first-order valence-electron chi connectivity index (χ1n) is 11.3. The average molecular weight is 489 g/mol. The lowest BCUT2D eigenvalue weighted by Crippen LogP contribution is -2.32. The van der Waals surface area contributed by atoms with E-state index in [0.717, 1.165) is 47.5 Å². The molecule has 2 N–H and O–H groups in total. The van der Waals surface area contributed by atoms with Crippen LogP contribution in [-0.4, -0.2) is 37.6 Å². The second-order valence-electron chi connectivity index (χ2n) is 8.10. The van der Waals surface area contributed by atoms with E-state index in [1.54, 1.807) is 6.20 Å². The van der Waals surface area contributed by atoms with E-state index in [0.29, 0.717) is 5.02 Å². The number of thiocarbonyl (C=S) groups is 1. The number of pyridine rings is 2. The second-order valence-corrected chi connectivity index (χ2v) is 8.93. The molecule has 0 saturated carbocycles. The van der Waals surface area contributed by atoms with Gasteiger partial charge in [-0.15, -0.1) is 0 Å². The summed E-state index contributed by atoms with van der Waals surface area (Å²) in [7, 11) is 0.